The molecule has 0 bridgehead atoms. The lowest BCUT2D eigenvalue weighted by molar-refractivity contribution is 1.13. The molecule has 3 nitrogen and oxygen atoms in total. The van der Waals surface area contributed by atoms with Crippen molar-refractivity contribution in [1.29, 1.82) is 0 Å². The zero-order valence-corrected chi connectivity index (χ0v) is 6.33. The van der Waals surface area contributed by atoms with E-state index >= 15 is 0 Å². The van der Waals surface area contributed by atoms with Crippen molar-refractivity contribution in [3.63, 3.8) is 0 Å². The first-order valence-electron chi connectivity index (χ1n) is 2.97. The molecular formula is C6H7N3S. The quantitative estimate of drug-likeness (QED) is 0.602. The van der Waals surface area contributed by atoms with E-state index in [4.69, 9.17) is 5.73 Å². The van der Waals surface area contributed by atoms with Gasteiger partial charge in [0.15, 0.2) is 5.82 Å². The number of hydrogen-bond donors (Lipinski definition) is 2. The van der Waals surface area contributed by atoms with Crippen molar-refractivity contribution < 1.29 is 0 Å². The number of aryl methyl sites for hydroxylation is 1. The van der Waals surface area contributed by atoms with Crippen molar-refractivity contribution in [2.45, 2.75) is 6.92 Å². The van der Waals surface area contributed by atoms with E-state index in [1.54, 1.807) is 11.3 Å². The number of nitrogens with two attached hydrogens (primary N) is 1. The molecule has 0 spiro atoms. The van der Waals surface area contributed by atoms with Crippen LogP contribution >= 0.6 is 11.3 Å². The maximum Gasteiger partial charge on any atom is 0.163 e. The number of nitrogen functional groups attached to an aromatic ring is 1. The molecule has 0 aliphatic carbocycles. The highest BCUT2D eigenvalue weighted by molar-refractivity contribution is 7.19. The normalized spacial score (nSPS) is 10.9. The minimum atomic E-state index is 0.605. The second-order valence-electron chi connectivity index (χ2n) is 2.21. The molecule has 2 aromatic rings. The number of H-pyrrole nitrogens is 1. The van der Waals surface area contributed by atoms with Crippen LogP contribution in [0.3, 0.4) is 0 Å². The molecule has 2 heterocycles. The topological polar surface area (TPSA) is 54.7 Å². The van der Waals surface area contributed by atoms with Crippen LogP contribution in [0.1, 0.15) is 4.88 Å². The molecule has 2 rings (SSSR count). The molecule has 0 saturated heterocycles. The van der Waals surface area contributed by atoms with Gasteiger partial charge in [0.2, 0.25) is 0 Å². The van der Waals surface area contributed by atoms with Crippen molar-refractivity contribution in [2.24, 2.45) is 0 Å². The Morgan fingerprint density at radius 1 is 1.70 bits per heavy atom. The van der Waals surface area contributed by atoms with E-state index in [9.17, 15) is 0 Å². The van der Waals surface area contributed by atoms with Crippen LogP contribution < -0.4 is 5.73 Å². The van der Waals surface area contributed by atoms with Crippen LogP contribution in [-0.4, -0.2) is 10.2 Å². The Bertz CT molecular complexity index is 360. The third-order valence-corrected chi connectivity index (χ3v) is 2.46. The molecule has 2 aromatic heterocycles. The molecule has 0 atom stereocenters. The molecule has 3 N–H and O–H groups in total. The van der Waals surface area contributed by atoms with Gasteiger partial charge in [-0.2, -0.15) is 5.10 Å². The Morgan fingerprint density at radius 2 is 2.50 bits per heavy atom. The van der Waals surface area contributed by atoms with Crippen LogP contribution in [0.15, 0.2) is 6.07 Å². The second kappa shape index (κ2) is 1.73. The fourth-order valence-electron chi connectivity index (χ4n) is 0.959. The first kappa shape index (κ1) is 5.73. The molecule has 4 heteroatoms. The summed E-state index contributed by atoms with van der Waals surface area (Å²) in [6.45, 7) is 2.05. The summed E-state index contributed by atoms with van der Waals surface area (Å²) in [7, 11) is 0. The van der Waals surface area contributed by atoms with Crippen LogP contribution in [0.5, 0.6) is 0 Å². The van der Waals surface area contributed by atoms with Crippen molar-refractivity contribution >= 4 is 27.4 Å². The zero-order valence-electron chi connectivity index (χ0n) is 5.51. The number of aromatic nitrogens is 2. The van der Waals surface area contributed by atoms with Gasteiger partial charge in [-0.3, -0.25) is 5.10 Å². The monoisotopic (exact) mass is 153 g/mol. The van der Waals surface area contributed by atoms with Crippen LogP contribution in [0.2, 0.25) is 0 Å². The molecule has 0 amide bonds. The molecule has 10 heavy (non-hydrogen) atoms. The third kappa shape index (κ3) is 0.623. The molecule has 0 radical (unpaired) electrons. The zero-order chi connectivity index (χ0) is 7.14. The number of rotatable bonds is 0. The van der Waals surface area contributed by atoms with Crippen molar-refractivity contribution in [2.75, 3.05) is 5.73 Å². The van der Waals surface area contributed by atoms with Crippen molar-refractivity contribution in [3.8, 4) is 0 Å². The lowest BCUT2D eigenvalue weighted by atomic mass is 10.4. The van der Waals surface area contributed by atoms with Gasteiger partial charge in [-0.05, 0) is 13.0 Å². The molecule has 0 aliphatic rings. The summed E-state index contributed by atoms with van der Waals surface area (Å²) in [4.78, 5) is 1.26. The second-order valence-corrected chi connectivity index (χ2v) is 3.47. The van der Waals surface area contributed by atoms with E-state index in [-0.39, 0.29) is 0 Å². The van der Waals surface area contributed by atoms with Gasteiger partial charge in [0, 0.05) is 4.88 Å². The summed E-state index contributed by atoms with van der Waals surface area (Å²) in [6.07, 6.45) is 0. The highest BCUT2D eigenvalue weighted by Gasteiger charge is 2.03. The third-order valence-electron chi connectivity index (χ3n) is 1.38. The number of fused-ring (bicyclic) bond motifs is 1. The maximum absolute atomic E-state index is 5.56. The van der Waals surface area contributed by atoms with Gasteiger partial charge in [0.1, 0.15) is 0 Å². The molecular weight excluding hydrogens is 146 g/mol. The fourth-order valence-corrected chi connectivity index (χ4v) is 1.82. The predicted molar refractivity (Wildman–Crippen MR) is 43.1 cm³/mol. The molecule has 0 aliphatic heterocycles. The summed E-state index contributed by atoms with van der Waals surface area (Å²) >= 11 is 1.67. The van der Waals surface area contributed by atoms with E-state index < -0.39 is 0 Å². The Kier molecular flexibility index (Phi) is 0.990. The predicted octanol–water partition coefficient (Wildman–Crippen LogP) is 1.52. The minimum absolute atomic E-state index is 0.605. The van der Waals surface area contributed by atoms with Crippen molar-refractivity contribution in [1.82, 2.24) is 10.2 Å². The lowest BCUT2D eigenvalue weighted by Gasteiger charge is -1.77. The molecule has 0 unspecified atom stereocenters. The summed E-state index contributed by atoms with van der Waals surface area (Å²) in [5.41, 5.74) is 6.60. The summed E-state index contributed by atoms with van der Waals surface area (Å²) in [5.74, 6) is 0.605. The lowest BCUT2D eigenvalue weighted by Crippen LogP contribution is -1.82. The largest absolute Gasteiger partial charge is 0.381 e. The van der Waals surface area contributed by atoms with Gasteiger partial charge in [0.25, 0.3) is 0 Å². The number of nitrogens with one attached hydrogen (secondary N) is 1. The number of hydrogen-bond acceptors (Lipinski definition) is 3. The van der Waals surface area contributed by atoms with E-state index in [0.29, 0.717) is 5.82 Å². The Labute approximate surface area is 61.9 Å². The van der Waals surface area contributed by atoms with Crippen molar-refractivity contribution in [3.05, 3.63) is 10.9 Å². The smallest absolute Gasteiger partial charge is 0.163 e. The van der Waals surface area contributed by atoms with Gasteiger partial charge in [-0.15, -0.1) is 11.3 Å². The first-order chi connectivity index (χ1) is 4.77. The summed E-state index contributed by atoms with van der Waals surface area (Å²) in [6, 6.07) is 2.04. The van der Waals surface area contributed by atoms with Gasteiger partial charge in [-0.25, -0.2) is 0 Å². The number of nitrogens with zero attached hydrogens (tertiary/aromatic N) is 1. The van der Waals surface area contributed by atoms with E-state index in [1.165, 1.54) is 4.88 Å². The minimum Gasteiger partial charge on any atom is -0.381 e. The average Bonchev–Trinajstić information content (AvgIpc) is 2.35. The summed E-state index contributed by atoms with van der Waals surface area (Å²) in [5, 5.41) is 6.70. The Balaban J connectivity index is 2.90. The molecule has 0 saturated carbocycles. The van der Waals surface area contributed by atoms with Gasteiger partial charge in [0.05, 0.1) is 10.2 Å². The van der Waals surface area contributed by atoms with E-state index in [0.717, 1.165) is 10.2 Å². The average molecular weight is 153 g/mol. The molecule has 0 aromatic carbocycles. The molecule has 0 fully saturated rings. The van der Waals surface area contributed by atoms with Crippen LogP contribution in [0.4, 0.5) is 5.82 Å². The Morgan fingerprint density at radius 3 is 3.20 bits per heavy atom. The highest BCUT2D eigenvalue weighted by atomic mass is 32.1. The van der Waals surface area contributed by atoms with Crippen LogP contribution in [-0.2, 0) is 0 Å². The maximum atomic E-state index is 5.56. The van der Waals surface area contributed by atoms with Gasteiger partial charge in [-0.1, -0.05) is 0 Å². The highest BCUT2D eigenvalue weighted by Crippen LogP contribution is 2.26. The van der Waals surface area contributed by atoms with E-state index in [1.807, 2.05) is 6.07 Å². The molecule has 52 valence electrons. The number of aromatic amines is 1. The fraction of sp³-hybridized carbons (Fsp3) is 0.167. The SMILES string of the molecule is Cc1cc2[nH]nc(N)c2s1. The number of thiophene rings is 1. The van der Waals surface area contributed by atoms with E-state index in [2.05, 4.69) is 17.1 Å². The first-order valence-corrected chi connectivity index (χ1v) is 3.79. The standard InChI is InChI=1S/C6H7N3S/c1-3-2-4-5(10-3)6(7)9-8-4/h2H,1H3,(H3,7,8,9). The summed E-state index contributed by atoms with van der Waals surface area (Å²) < 4.78 is 1.07. The van der Waals surface area contributed by atoms with Gasteiger partial charge < -0.3 is 5.73 Å². The number of anilines is 1. The van der Waals surface area contributed by atoms with Gasteiger partial charge >= 0.3 is 0 Å². The van der Waals surface area contributed by atoms with Crippen LogP contribution in [0, 0.1) is 6.92 Å². The Hall–Kier alpha value is -1.03. The van der Waals surface area contributed by atoms with Crippen LogP contribution in [0.25, 0.3) is 10.2 Å².